The van der Waals surface area contributed by atoms with Crippen LogP contribution in [0.2, 0.25) is 0 Å². The van der Waals surface area contributed by atoms with E-state index in [0.29, 0.717) is 5.92 Å². The quantitative estimate of drug-likeness (QED) is 0.925. The Morgan fingerprint density at radius 2 is 1.94 bits per heavy atom. The van der Waals surface area contributed by atoms with Crippen LogP contribution >= 0.6 is 15.9 Å². The number of aromatic nitrogens is 2. The van der Waals surface area contributed by atoms with Crippen molar-refractivity contribution < 1.29 is 0 Å². The molecular formula is C13H24BrN3. The molecule has 0 saturated carbocycles. The number of nitrogens with zero attached hydrogens (tertiary/aromatic N) is 2. The molecule has 0 aliphatic rings. The Hall–Kier alpha value is -0.350. The first-order chi connectivity index (χ1) is 7.70. The predicted molar refractivity (Wildman–Crippen MR) is 76.3 cm³/mol. The zero-order valence-electron chi connectivity index (χ0n) is 11.8. The molecular weight excluding hydrogens is 278 g/mol. The molecule has 0 saturated heterocycles. The molecule has 0 fully saturated rings. The van der Waals surface area contributed by atoms with Crippen LogP contribution in [-0.2, 0) is 6.54 Å². The van der Waals surface area contributed by atoms with Crippen molar-refractivity contribution >= 4 is 15.9 Å². The molecule has 0 bridgehead atoms. The SMILES string of the molecule is Cc1nn(CC(C)CNC(C)(C)C)c(C)c1Br. The maximum absolute atomic E-state index is 4.54. The average Bonchev–Trinajstić information content (AvgIpc) is 2.43. The van der Waals surface area contributed by atoms with Crippen LogP contribution in [0, 0.1) is 19.8 Å². The van der Waals surface area contributed by atoms with E-state index in [0.717, 1.165) is 23.3 Å². The summed E-state index contributed by atoms with van der Waals surface area (Å²) in [4.78, 5) is 0. The Morgan fingerprint density at radius 1 is 1.35 bits per heavy atom. The molecule has 4 heteroatoms. The van der Waals surface area contributed by atoms with Gasteiger partial charge < -0.3 is 5.32 Å². The molecule has 3 nitrogen and oxygen atoms in total. The van der Waals surface area contributed by atoms with Gasteiger partial charge in [-0.25, -0.2) is 0 Å². The van der Waals surface area contributed by atoms with Gasteiger partial charge in [-0.15, -0.1) is 0 Å². The topological polar surface area (TPSA) is 29.9 Å². The molecule has 0 aliphatic heterocycles. The van der Waals surface area contributed by atoms with E-state index in [1.165, 1.54) is 5.69 Å². The molecule has 0 aliphatic carbocycles. The van der Waals surface area contributed by atoms with Crippen molar-refractivity contribution in [2.45, 2.75) is 53.6 Å². The van der Waals surface area contributed by atoms with Crippen LogP contribution in [0.4, 0.5) is 0 Å². The molecule has 1 aromatic heterocycles. The third kappa shape index (κ3) is 4.43. The summed E-state index contributed by atoms with van der Waals surface area (Å²) in [6.07, 6.45) is 0. The number of hydrogen-bond donors (Lipinski definition) is 1. The van der Waals surface area contributed by atoms with Gasteiger partial charge in [0.05, 0.1) is 10.2 Å². The van der Waals surface area contributed by atoms with Gasteiger partial charge >= 0.3 is 0 Å². The van der Waals surface area contributed by atoms with E-state index in [4.69, 9.17) is 0 Å². The van der Waals surface area contributed by atoms with Crippen molar-refractivity contribution in [3.63, 3.8) is 0 Å². The average molecular weight is 302 g/mol. The van der Waals surface area contributed by atoms with Gasteiger partial charge in [0.2, 0.25) is 0 Å². The highest BCUT2D eigenvalue weighted by atomic mass is 79.9. The minimum Gasteiger partial charge on any atom is -0.312 e. The highest BCUT2D eigenvalue weighted by molar-refractivity contribution is 9.10. The fourth-order valence-corrected chi connectivity index (χ4v) is 1.98. The van der Waals surface area contributed by atoms with E-state index in [-0.39, 0.29) is 5.54 Å². The van der Waals surface area contributed by atoms with Crippen LogP contribution in [0.3, 0.4) is 0 Å². The van der Waals surface area contributed by atoms with Gasteiger partial charge in [0, 0.05) is 17.8 Å². The van der Waals surface area contributed by atoms with E-state index in [1.807, 2.05) is 6.92 Å². The van der Waals surface area contributed by atoms with E-state index in [1.54, 1.807) is 0 Å². The van der Waals surface area contributed by atoms with Gasteiger partial charge in [-0.3, -0.25) is 4.68 Å². The molecule has 0 radical (unpaired) electrons. The first-order valence-corrected chi connectivity index (χ1v) is 6.94. The highest BCUT2D eigenvalue weighted by Gasteiger charge is 2.14. The molecule has 1 heterocycles. The van der Waals surface area contributed by atoms with Crippen molar-refractivity contribution in [2.75, 3.05) is 6.54 Å². The largest absolute Gasteiger partial charge is 0.312 e. The lowest BCUT2D eigenvalue weighted by Gasteiger charge is -2.23. The van der Waals surface area contributed by atoms with Gasteiger partial charge in [0.1, 0.15) is 0 Å². The van der Waals surface area contributed by atoms with Crippen LogP contribution in [-0.4, -0.2) is 21.9 Å². The lowest BCUT2D eigenvalue weighted by Crippen LogP contribution is -2.39. The van der Waals surface area contributed by atoms with Crippen molar-refractivity contribution in [3.05, 3.63) is 15.9 Å². The van der Waals surface area contributed by atoms with Crippen molar-refractivity contribution in [1.29, 1.82) is 0 Å². The Balaban J connectivity index is 2.56. The third-order valence-electron chi connectivity index (χ3n) is 2.76. The Bertz CT molecular complexity index is 377. The number of aryl methyl sites for hydroxylation is 1. The van der Waals surface area contributed by atoms with Crippen molar-refractivity contribution in [3.8, 4) is 0 Å². The molecule has 17 heavy (non-hydrogen) atoms. The molecule has 98 valence electrons. The van der Waals surface area contributed by atoms with Crippen LogP contribution in [0.25, 0.3) is 0 Å². The van der Waals surface area contributed by atoms with Gasteiger partial charge in [-0.1, -0.05) is 6.92 Å². The minimum absolute atomic E-state index is 0.184. The summed E-state index contributed by atoms with van der Waals surface area (Å²) >= 11 is 3.56. The summed E-state index contributed by atoms with van der Waals surface area (Å²) in [7, 11) is 0. The summed E-state index contributed by atoms with van der Waals surface area (Å²) in [6.45, 7) is 14.9. The summed E-state index contributed by atoms with van der Waals surface area (Å²) < 4.78 is 3.22. The maximum atomic E-state index is 4.54. The monoisotopic (exact) mass is 301 g/mol. The van der Waals surface area contributed by atoms with Gasteiger partial charge in [-0.05, 0) is 63.0 Å². The summed E-state index contributed by atoms with van der Waals surface area (Å²) in [6, 6.07) is 0. The Morgan fingerprint density at radius 3 is 2.35 bits per heavy atom. The first-order valence-electron chi connectivity index (χ1n) is 6.15. The fraction of sp³-hybridized carbons (Fsp3) is 0.769. The number of halogens is 1. The summed E-state index contributed by atoms with van der Waals surface area (Å²) in [5.74, 6) is 0.569. The number of hydrogen-bond acceptors (Lipinski definition) is 2. The smallest absolute Gasteiger partial charge is 0.0738 e. The van der Waals surface area contributed by atoms with Crippen molar-refractivity contribution in [1.82, 2.24) is 15.1 Å². The second-order valence-corrected chi connectivity index (χ2v) is 6.70. The molecule has 1 N–H and O–H groups in total. The summed E-state index contributed by atoms with van der Waals surface area (Å²) in [5.41, 5.74) is 2.47. The molecule has 1 atom stereocenters. The normalized spacial score (nSPS) is 14.1. The maximum Gasteiger partial charge on any atom is 0.0738 e. The second-order valence-electron chi connectivity index (χ2n) is 5.90. The molecule has 0 amide bonds. The lowest BCUT2D eigenvalue weighted by atomic mass is 10.1. The highest BCUT2D eigenvalue weighted by Crippen LogP contribution is 2.20. The van der Waals surface area contributed by atoms with Crippen molar-refractivity contribution in [2.24, 2.45) is 5.92 Å². The number of rotatable bonds is 4. The molecule has 0 spiro atoms. The van der Waals surface area contributed by atoms with Crippen LogP contribution in [0.15, 0.2) is 4.47 Å². The van der Waals surface area contributed by atoms with Gasteiger partial charge in [-0.2, -0.15) is 5.10 Å². The molecule has 0 aromatic carbocycles. The Labute approximate surface area is 113 Å². The van der Waals surface area contributed by atoms with Crippen LogP contribution < -0.4 is 5.32 Å². The third-order valence-corrected chi connectivity index (χ3v) is 3.91. The minimum atomic E-state index is 0.184. The predicted octanol–water partition coefficient (Wildman–Crippen LogP) is 3.29. The van der Waals surface area contributed by atoms with E-state index in [2.05, 4.69) is 65.6 Å². The zero-order chi connectivity index (χ0) is 13.2. The standard InChI is InChI=1S/C13H24BrN3/c1-9(7-15-13(4,5)6)8-17-11(3)12(14)10(2)16-17/h9,15H,7-8H2,1-6H3. The van der Waals surface area contributed by atoms with E-state index < -0.39 is 0 Å². The molecule has 1 rings (SSSR count). The van der Waals surface area contributed by atoms with E-state index in [9.17, 15) is 0 Å². The summed E-state index contributed by atoms with van der Waals surface area (Å²) in [5, 5.41) is 8.07. The molecule has 1 aromatic rings. The van der Waals surface area contributed by atoms with Gasteiger partial charge in [0.15, 0.2) is 0 Å². The van der Waals surface area contributed by atoms with E-state index >= 15 is 0 Å². The zero-order valence-corrected chi connectivity index (χ0v) is 13.3. The first kappa shape index (κ1) is 14.7. The Kier molecular flexibility index (Phi) is 4.78. The van der Waals surface area contributed by atoms with Crippen LogP contribution in [0.1, 0.15) is 39.1 Å². The molecule has 1 unspecified atom stereocenters. The fourth-order valence-electron chi connectivity index (χ4n) is 1.69. The number of nitrogens with one attached hydrogen (secondary N) is 1. The van der Waals surface area contributed by atoms with Crippen LogP contribution in [0.5, 0.6) is 0 Å². The second kappa shape index (κ2) is 5.53. The lowest BCUT2D eigenvalue weighted by molar-refractivity contribution is 0.349. The van der Waals surface area contributed by atoms with Gasteiger partial charge in [0.25, 0.3) is 0 Å².